The Bertz CT molecular complexity index is 769. The number of nitrogens with one attached hydrogen (secondary N) is 1. The lowest BCUT2D eigenvalue weighted by molar-refractivity contribution is -0.115. The monoisotopic (exact) mass is 387 g/mol. The van der Waals surface area contributed by atoms with Gasteiger partial charge in [-0.05, 0) is 44.0 Å². The van der Waals surface area contributed by atoms with E-state index in [1.807, 2.05) is 36.1 Å². The minimum atomic E-state index is -0.0425. The molecule has 0 atom stereocenters. The number of benzene rings is 1. The first-order chi connectivity index (χ1) is 13.2. The third kappa shape index (κ3) is 4.56. The Morgan fingerprint density at radius 2 is 2.04 bits per heavy atom. The molecule has 2 fully saturated rings. The van der Waals surface area contributed by atoms with Crippen LogP contribution in [-0.4, -0.2) is 54.7 Å². The molecule has 0 bridgehead atoms. The molecule has 1 aromatic carbocycles. The number of carbonyl (C=O) groups excluding carboxylic acids is 1. The van der Waals surface area contributed by atoms with E-state index < -0.39 is 0 Å². The summed E-state index contributed by atoms with van der Waals surface area (Å²) in [6.07, 6.45) is 2.37. The molecule has 1 aromatic heterocycles. The summed E-state index contributed by atoms with van der Waals surface area (Å²) in [7, 11) is 0. The van der Waals surface area contributed by atoms with Crippen molar-refractivity contribution in [1.82, 2.24) is 9.36 Å². The molecule has 1 amide bonds. The normalized spacial score (nSPS) is 17.0. The van der Waals surface area contributed by atoms with Crippen LogP contribution in [-0.2, 0) is 9.53 Å². The molecule has 2 heterocycles. The molecular formula is C19H25N5O2S. The van der Waals surface area contributed by atoms with Gasteiger partial charge in [-0.3, -0.25) is 4.79 Å². The van der Waals surface area contributed by atoms with Gasteiger partial charge < -0.3 is 19.9 Å². The summed E-state index contributed by atoms with van der Waals surface area (Å²) in [5.41, 5.74) is 1.97. The van der Waals surface area contributed by atoms with Crippen LogP contribution in [0.4, 0.5) is 16.5 Å². The second-order valence-electron chi connectivity index (χ2n) is 6.92. The van der Waals surface area contributed by atoms with Crippen LogP contribution in [0.3, 0.4) is 0 Å². The Kier molecular flexibility index (Phi) is 5.54. The molecule has 0 unspecified atom stereocenters. The van der Waals surface area contributed by atoms with E-state index >= 15 is 0 Å². The third-order valence-corrected chi connectivity index (χ3v) is 5.68. The molecule has 0 spiro atoms. The van der Waals surface area contributed by atoms with Gasteiger partial charge in [0.25, 0.3) is 0 Å². The summed E-state index contributed by atoms with van der Waals surface area (Å²) in [5.74, 6) is 1.43. The fourth-order valence-corrected chi connectivity index (χ4v) is 3.94. The lowest BCUT2D eigenvalue weighted by Gasteiger charge is -2.29. The fraction of sp³-hybridized carbons (Fsp3) is 0.526. The Morgan fingerprint density at radius 3 is 2.70 bits per heavy atom. The number of amides is 1. The largest absolute Gasteiger partial charge is 0.378 e. The lowest BCUT2D eigenvalue weighted by atomic mass is 10.2. The van der Waals surface area contributed by atoms with E-state index in [1.54, 1.807) is 0 Å². The molecule has 1 aliphatic carbocycles. The van der Waals surface area contributed by atoms with Crippen LogP contribution in [0.2, 0.25) is 0 Å². The number of ether oxygens (including phenoxy) is 1. The first kappa shape index (κ1) is 18.2. The van der Waals surface area contributed by atoms with Gasteiger partial charge in [0.05, 0.1) is 19.8 Å². The third-order valence-electron chi connectivity index (χ3n) is 4.89. The zero-order chi connectivity index (χ0) is 18.6. The first-order valence-electron chi connectivity index (χ1n) is 9.54. The van der Waals surface area contributed by atoms with Crippen molar-refractivity contribution in [3.05, 3.63) is 30.1 Å². The highest BCUT2D eigenvalue weighted by molar-refractivity contribution is 7.09. The molecule has 1 saturated carbocycles. The minimum absolute atomic E-state index is 0.0425. The van der Waals surface area contributed by atoms with E-state index in [-0.39, 0.29) is 12.5 Å². The average Bonchev–Trinajstić information content (AvgIpc) is 3.44. The molecule has 2 aliphatic rings. The smallest absolute Gasteiger partial charge is 0.243 e. The molecule has 8 heteroatoms. The Balaban J connectivity index is 1.33. The minimum Gasteiger partial charge on any atom is -0.378 e. The first-order valence-corrected chi connectivity index (χ1v) is 10.3. The highest BCUT2D eigenvalue weighted by Crippen LogP contribution is 2.39. The Hall–Kier alpha value is -2.19. The maximum Gasteiger partial charge on any atom is 0.243 e. The number of aromatic nitrogens is 2. The van der Waals surface area contributed by atoms with Crippen molar-refractivity contribution in [3.63, 3.8) is 0 Å². The molecule has 0 radical (unpaired) electrons. The van der Waals surface area contributed by atoms with Crippen LogP contribution >= 0.6 is 11.5 Å². The van der Waals surface area contributed by atoms with Crippen molar-refractivity contribution in [2.45, 2.75) is 25.7 Å². The quantitative estimate of drug-likeness (QED) is 0.788. The van der Waals surface area contributed by atoms with E-state index in [4.69, 9.17) is 4.74 Å². The number of likely N-dealkylation sites (N-methyl/N-ethyl adjacent to an activating group) is 1. The molecule has 1 saturated heterocycles. The molecule has 1 aliphatic heterocycles. The van der Waals surface area contributed by atoms with Crippen LogP contribution in [0.1, 0.15) is 31.5 Å². The number of nitrogens with zero attached hydrogens (tertiary/aromatic N) is 4. The van der Waals surface area contributed by atoms with Gasteiger partial charge in [-0.15, -0.1) is 0 Å². The fourth-order valence-electron chi connectivity index (χ4n) is 3.13. The van der Waals surface area contributed by atoms with Crippen molar-refractivity contribution in [2.24, 2.45) is 0 Å². The summed E-state index contributed by atoms with van der Waals surface area (Å²) in [5, 5.41) is 3.81. The van der Waals surface area contributed by atoms with Crippen LogP contribution in [0.5, 0.6) is 0 Å². The number of hydrogen-bond donors (Lipinski definition) is 1. The van der Waals surface area contributed by atoms with Gasteiger partial charge in [-0.2, -0.15) is 4.37 Å². The Morgan fingerprint density at radius 1 is 1.30 bits per heavy atom. The average molecular weight is 388 g/mol. The predicted molar refractivity (Wildman–Crippen MR) is 108 cm³/mol. The second-order valence-corrected chi connectivity index (χ2v) is 7.65. The van der Waals surface area contributed by atoms with Crippen molar-refractivity contribution in [2.75, 3.05) is 54.5 Å². The highest BCUT2D eigenvalue weighted by Gasteiger charge is 2.28. The van der Waals surface area contributed by atoms with E-state index in [0.717, 1.165) is 55.2 Å². The van der Waals surface area contributed by atoms with Gasteiger partial charge >= 0.3 is 0 Å². The summed E-state index contributed by atoms with van der Waals surface area (Å²) in [6, 6.07) is 8.00. The van der Waals surface area contributed by atoms with Crippen LogP contribution in [0.15, 0.2) is 24.3 Å². The van der Waals surface area contributed by atoms with Crippen LogP contribution in [0, 0.1) is 0 Å². The second kappa shape index (κ2) is 8.22. The van der Waals surface area contributed by atoms with Gasteiger partial charge in [0.15, 0.2) is 0 Å². The zero-order valence-corrected chi connectivity index (χ0v) is 16.4. The molecule has 7 nitrogen and oxygen atoms in total. The number of hydrogen-bond acceptors (Lipinski definition) is 7. The maximum absolute atomic E-state index is 12.5. The van der Waals surface area contributed by atoms with Gasteiger partial charge in [0, 0.05) is 48.5 Å². The van der Waals surface area contributed by atoms with E-state index in [2.05, 4.69) is 19.6 Å². The summed E-state index contributed by atoms with van der Waals surface area (Å²) in [4.78, 5) is 21.3. The molecule has 1 N–H and O–H groups in total. The van der Waals surface area contributed by atoms with E-state index in [9.17, 15) is 4.79 Å². The molecule has 144 valence electrons. The molecular weight excluding hydrogens is 362 g/mol. The van der Waals surface area contributed by atoms with Crippen molar-refractivity contribution in [1.29, 1.82) is 0 Å². The topological polar surface area (TPSA) is 70.6 Å². The van der Waals surface area contributed by atoms with Gasteiger partial charge in [0.1, 0.15) is 5.82 Å². The summed E-state index contributed by atoms with van der Waals surface area (Å²) >= 11 is 1.39. The van der Waals surface area contributed by atoms with Crippen molar-refractivity contribution in [3.8, 4) is 0 Å². The molecule has 27 heavy (non-hydrogen) atoms. The van der Waals surface area contributed by atoms with Crippen molar-refractivity contribution < 1.29 is 9.53 Å². The SMILES string of the molecule is CCN(CC(=O)Nc1ccc(N2CCOCC2)cc1)c1nc(C2CC2)ns1. The van der Waals surface area contributed by atoms with Crippen LogP contribution in [0.25, 0.3) is 0 Å². The van der Waals surface area contributed by atoms with Crippen molar-refractivity contribution >= 4 is 33.9 Å². The number of carbonyl (C=O) groups is 1. The molecule has 2 aromatic rings. The zero-order valence-electron chi connectivity index (χ0n) is 15.6. The lowest BCUT2D eigenvalue weighted by Crippen LogP contribution is -2.36. The molecule has 4 rings (SSSR count). The van der Waals surface area contributed by atoms with Gasteiger partial charge in [0.2, 0.25) is 11.0 Å². The number of anilines is 3. The van der Waals surface area contributed by atoms with Gasteiger partial charge in [-0.1, -0.05) is 0 Å². The van der Waals surface area contributed by atoms with Crippen LogP contribution < -0.4 is 15.1 Å². The predicted octanol–water partition coefficient (Wildman–Crippen LogP) is 2.72. The van der Waals surface area contributed by atoms with Gasteiger partial charge in [-0.25, -0.2) is 4.98 Å². The standard InChI is InChI=1S/C19H25N5O2S/c1-2-23(19-21-18(22-27-19)14-3-4-14)13-17(25)20-15-5-7-16(8-6-15)24-9-11-26-12-10-24/h5-8,14H,2-4,9-13H2,1H3,(H,20,25). The summed E-state index contributed by atoms with van der Waals surface area (Å²) in [6.45, 7) is 6.37. The Labute approximate surface area is 163 Å². The number of rotatable bonds is 7. The number of morpholine rings is 1. The van der Waals surface area contributed by atoms with E-state index in [1.165, 1.54) is 24.4 Å². The van der Waals surface area contributed by atoms with E-state index in [0.29, 0.717) is 5.92 Å². The highest BCUT2D eigenvalue weighted by atomic mass is 32.1. The summed E-state index contributed by atoms with van der Waals surface area (Å²) < 4.78 is 9.82. The maximum atomic E-state index is 12.5.